The normalized spacial score (nSPS) is 11.4. The minimum Gasteiger partial charge on any atom is -0.406 e. The van der Waals surface area contributed by atoms with Crippen LogP contribution < -0.4 is 4.74 Å². The van der Waals surface area contributed by atoms with Crippen molar-refractivity contribution in [2.24, 2.45) is 0 Å². The van der Waals surface area contributed by atoms with Crippen LogP contribution in [0.1, 0.15) is 5.56 Å². The van der Waals surface area contributed by atoms with E-state index in [1.165, 1.54) is 18.2 Å². The van der Waals surface area contributed by atoms with Gasteiger partial charge in [-0.1, -0.05) is 30.3 Å². The van der Waals surface area contributed by atoms with Crippen LogP contribution in [0.2, 0.25) is 0 Å². The molecule has 0 saturated carbocycles. The van der Waals surface area contributed by atoms with E-state index in [-0.39, 0.29) is 17.2 Å². The van der Waals surface area contributed by atoms with Crippen molar-refractivity contribution in [3.05, 3.63) is 53.8 Å². The van der Waals surface area contributed by atoms with Crippen molar-refractivity contribution in [2.75, 3.05) is 0 Å². The Bertz CT molecular complexity index is 593. The second-order valence-corrected chi connectivity index (χ2v) is 4.25. The zero-order valence-corrected chi connectivity index (χ0v) is 10.8. The molecular weight excluding hydrogens is 296 g/mol. The summed E-state index contributed by atoms with van der Waals surface area (Å²) in [5.41, 5.74) is 1.06. The third kappa shape index (κ3) is 3.42. The van der Waals surface area contributed by atoms with Crippen molar-refractivity contribution < 1.29 is 22.3 Å². The lowest BCUT2D eigenvalue weighted by molar-refractivity contribution is -0.274. The van der Waals surface area contributed by atoms with Gasteiger partial charge in [-0.05, 0) is 17.7 Å². The number of hydrogen-bond donors (Lipinski definition) is 0. The van der Waals surface area contributed by atoms with Crippen LogP contribution in [0, 0.1) is 5.82 Å². The van der Waals surface area contributed by atoms with Crippen molar-refractivity contribution in [1.29, 1.82) is 0 Å². The molecule has 20 heavy (non-hydrogen) atoms. The maximum absolute atomic E-state index is 14.0. The Morgan fingerprint density at radius 1 is 1.00 bits per heavy atom. The number of alkyl halides is 4. The number of rotatable bonds is 3. The molecule has 2 aromatic carbocycles. The molecule has 0 radical (unpaired) electrons. The van der Waals surface area contributed by atoms with Crippen molar-refractivity contribution in [2.45, 2.75) is 12.2 Å². The minimum atomic E-state index is -4.74. The molecule has 0 saturated heterocycles. The van der Waals surface area contributed by atoms with E-state index >= 15 is 0 Å². The van der Waals surface area contributed by atoms with Gasteiger partial charge in [-0.25, -0.2) is 4.39 Å². The predicted octanol–water partition coefficient (Wildman–Crippen LogP) is 5.13. The molecule has 6 heteroatoms. The lowest BCUT2D eigenvalue weighted by atomic mass is 10.0. The van der Waals surface area contributed by atoms with Gasteiger partial charge in [-0.3, -0.25) is 0 Å². The summed E-state index contributed by atoms with van der Waals surface area (Å²) in [6.07, 6.45) is -4.74. The number of ether oxygens (including phenoxy) is 1. The van der Waals surface area contributed by atoms with Crippen LogP contribution in [0.25, 0.3) is 11.1 Å². The van der Waals surface area contributed by atoms with Gasteiger partial charge in [0.25, 0.3) is 0 Å². The van der Waals surface area contributed by atoms with Crippen LogP contribution >= 0.6 is 11.6 Å². The third-order valence-corrected chi connectivity index (χ3v) is 2.91. The SMILES string of the molecule is Fc1c(CCl)cccc1-c1ccc(OC(F)(F)F)cc1. The topological polar surface area (TPSA) is 9.23 Å². The average Bonchev–Trinajstić information content (AvgIpc) is 2.38. The highest BCUT2D eigenvalue weighted by atomic mass is 35.5. The van der Waals surface area contributed by atoms with E-state index in [4.69, 9.17) is 11.6 Å². The first-order chi connectivity index (χ1) is 9.40. The van der Waals surface area contributed by atoms with Crippen LogP contribution in [0.5, 0.6) is 5.75 Å². The van der Waals surface area contributed by atoms with Gasteiger partial charge in [0.2, 0.25) is 0 Å². The molecule has 0 aliphatic rings. The number of hydrogen-bond acceptors (Lipinski definition) is 1. The second kappa shape index (κ2) is 5.71. The van der Waals surface area contributed by atoms with E-state index in [9.17, 15) is 17.6 Å². The Labute approximate surface area is 117 Å². The summed E-state index contributed by atoms with van der Waals surface area (Å²) in [6, 6.07) is 9.70. The molecule has 2 rings (SSSR count). The summed E-state index contributed by atoms with van der Waals surface area (Å²) in [5, 5.41) is 0. The minimum absolute atomic E-state index is 0.0228. The quantitative estimate of drug-likeness (QED) is 0.564. The largest absolute Gasteiger partial charge is 0.573 e. The highest BCUT2D eigenvalue weighted by Crippen LogP contribution is 2.29. The van der Waals surface area contributed by atoms with Crippen LogP contribution in [-0.2, 0) is 5.88 Å². The van der Waals surface area contributed by atoms with Crippen LogP contribution in [0.15, 0.2) is 42.5 Å². The molecule has 2 aromatic rings. The first-order valence-electron chi connectivity index (χ1n) is 5.60. The summed E-state index contributed by atoms with van der Waals surface area (Å²) in [5.74, 6) is -0.809. The van der Waals surface area contributed by atoms with Crippen molar-refractivity contribution in [1.82, 2.24) is 0 Å². The Morgan fingerprint density at radius 3 is 2.20 bits per heavy atom. The molecule has 0 unspecified atom stereocenters. The standard InChI is InChI=1S/C14H9ClF4O/c15-8-10-2-1-3-12(13(10)16)9-4-6-11(7-5-9)20-14(17,18)19/h1-7H,8H2. The van der Waals surface area contributed by atoms with Gasteiger partial charge in [0.05, 0.1) is 5.88 Å². The lowest BCUT2D eigenvalue weighted by Gasteiger charge is -2.10. The maximum Gasteiger partial charge on any atom is 0.573 e. The first-order valence-corrected chi connectivity index (χ1v) is 6.13. The molecular formula is C14H9ClF4O. The zero-order valence-electron chi connectivity index (χ0n) is 10.0. The first kappa shape index (κ1) is 14.7. The van der Waals surface area contributed by atoms with Crippen LogP contribution in [0.3, 0.4) is 0 Å². The summed E-state index contributed by atoms with van der Waals surface area (Å²) in [7, 11) is 0. The Balaban J connectivity index is 2.31. The van der Waals surface area contributed by atoms with Gasteiger partial charge >= 0.3 is 6.36 Å². The molecule has 0 aliphatic heterocycles. The van der Waals surface area contributed by atoms with Crippen LogP contribution in [-0.4, -0.2) is 6.36 Å². The fourth-order valence-corrected chi connectivity index (χ4v) is 1.95. The number of halogens is 5. The van der Waals surface area contributed by atoms with Crippen molar-refractivity contribution >= 4 is 11.6 Å². The molecule has 0 heterocycles. The van der Waals surface area contributed by atoms with E-state index in [0.717, 1.165) is 12.1 Å². The Kier molecular flexibility index (Phi) is 4.18. The van der Waals surface area contributed by atoms with Gasteiger partial charge in [-0.15, -0.1) is 24.8 Å². The van der Waals surface area contributed by atoms with Gasteiger partial charge in [0.1, 0.15) is 11.6 Å². The van der Waals surface area contributed by atoms with E-state index in [0.29, 0.717) is 11.1 Å². The van der Waals surface area contributed by atoms with Crippen LogP contribution in [0.4, 0.5) is 17.6 Å². The predicted molar refractivity (Wildman–Crippen MR) is 68.1 cm³/mol. The molecule has 0 bridgehead atoms. The van der Waals surface area contributed by atoms with Crippen molar-refractivity contribution in [3.8, 4) is 16.9 Å². The third-order valence-electron chi connectivity index (χ3n) is 2.62. The molecule has 0 aromatic heterocycles. The average molecular weight is 305 g/mol. The zero-order chi connectivity index (χ0) is 14.8. The number of benzene rings is 2. The second-order valence-electron chi connectivity index (χ2n) is 3.98. The lowest BCUT2D eigenvalue weighted by Crippen LogP contribution is -2.16. The molecule has 1 nitrogen and oxygen atoms in total. The summed E-state index contributed by atoms with van der Waals surface area (Å²) in [6.45, 7) is 0. The molecule has 106 valence electrons. The summed E-state index contributed by atoms with van der Waals surface area (Å²) >= 11 is 5.60. The molecule has 0 aliphatic carbocycles. The van der Waals surface area contributed by atoms with E-state index < -0.39 is 12.2 Å². The maximum atomic E-state index is 14.0. The van der Waals surface area contributed by atoms with Crippen molar-refractivity contribution in [3.63, 3.8) is 0 Å². The van der Waals surface area contributed by atoms with Gasteiger partial charge in [0.15, 0.2) is 0 Å². The van der Waals surface area contributed by atoms with E-state index in [1.807, 2.05) is 0 Å². The monoisotopic (exact) mass is 304 g/mol. The Morgan fingerprint density at radius 2 is 1.65 bits per heavy atom. The highest BCUT2D eigenvalue weighted by Gasteiger charge is 2.30. The molecule has 0 atom stereocenters. The van der Waals surface area contributed by atoms with Gasteiger partial charge in [-0.2, -0.15) is 0 Å². The smallest absolute Gasteiger partial charge is 0.406 e. The van der Waals surface area contributed by atoms with Gasteiger partial charge in [0, 0.05) is 11.1 Å². The fourth-order valence-electron chi connectivity index (χ4n) is 1.74. The molecule has 0 fully saturated rings. The Hall–Kier alpha value is -1.75. The summed E-state index contributed by atoms with van der Waals surface area (Å²) < 4.78 is 53.9. The highest BCUT2D eigenvalue weighted by molar-refractivity contribution is 6.17. The molecule has 0 amide bonds. The summed E-state index contributed by atoms with van der Waals surface area (Å²) in [4.78, 5) is 0. The fraction of sp³-hybridized carbons (Fsp3) is 0.143. The van der Waals surface area contributed by atoms with E-state index in [2.05, 4.69) is 4.74 Å². The van der Waals surface area contributed by atoms with E-state index in [1.54, 1.807) is 12.1 Å². The molecule has 0 spiro atoms. The van der Waals surface area contributed by atoms with Gasteiger partial charge < -0.3 is 4.74 Å². The molecule has 0 N–H and O–H groups in total.